The lowest BCUT2D eigenvalue weighted by molar-refractivity contribution is 0.358. The molecule has 0 spiro atoms. The maximum atomic E-state index is 5.00. The molecule has 2 aromatic carbocycles. The highest BCUT2D eigenvalue weighted by molar-refractivity contribution is 5.94. The van der Waals surface area contributed by atoms with Gasteiger partial charge in [-0.25, -0.2) is 0 Å². The van der Waals surface area contributed by atoms with Crippen LogP contribution < -0.4 is 4.90 Å². The van der Waals surface area contributed by atoms with Gasteiger partial charge in [-0.05, 0) is 47.9 Å². The van der Waals surface area contributed by atoms with Gasteiger partial charge in [-0.1, -0.05) is 75.4 Å². The fraction of sp³-hybridized carbons (Fsp3) is 0.345. The summed E-state index contributed by atoms with van der Waals surface area (Å²) in [7, 11) is 0. The van der Waals surface area contributed by atoms with Crippen molar-refractivity contribution in [2.45, 2.75) is 53.5 Å². The number of pyridine rings is 1. The summed E-state index contributed by atoms with van der Waals surface area (Å²) in [6.45, 7) is 13.3. The average Bonchev–Trinajstić information content (AvgIpc) is 3.07. The molecule has 164 valence electrons. The lowest BCUT2D eigenvalue weighted by Gasteiger charge is -2.37. The second-order valence-corrected chi connectivity index (χ2v) is 10.3. The number of aryl methyl sites for hydroxylation is 2. The van der Waals surface area contributed by atoms with Gasteiger partial charge in [-0.2, -0.15) is 0 Å². The Hall–Kier alpha value is -3.07. The van der Waals surface area contributed by atoms with Crippen LogP contribution in [0.4, 0.5) is 5.69 Å². The van der Waals surface area contributed by atoms with Crippen molar-refractivity contribution in [1.29, 1.82) is 0 Å². The van der Waals surface area contributed by atoms with E-state index < -0.39 is 0 Å². The first kappa shape index (κ1) is 20.8. The minimum atomic E-state index is 0.0514. The first-order valence-corrected chi connectivity index (χ1v) is 11.7. The van der Waals surface area contributed by atoms with Crippen LogP contribution >= 0.6 is 0 Å². The number of fused-ring (bicyclic) bond motifs is 2. The van der Waals surface area contributed by atoms with E-state index in [0.717, 1.165) is 25.0 Å². The summed E-state index contributed by atoms with van der Waals surface area (Å²) in [5.74, 6) is 0.247. The van der Waals surface area contributed by atoms with Crippen LogP contribution in [0.2, 0.25) is 0 Å². The van der Waals surface area contributed by atoms with E-state index >= 15 is 0 Å². The Balaban J connectivity index is 1.75. The van der Waals surface area contributed by atoms with Gasteiger partial charge >= 0.3 is 0 Å². The molecule has 1 atom stereocenters. The molecule has 0 saturated heterocycles. The average molecular weight is 424 g/mol. The highest BCUT2D eigenvalue weighted by atomic mass is 15.1. The zero-order valence-electron chi connectivity index (χ0n) is 19.9. The van der Waals surface area contributed by atoms with Crippen LogP contribution in [0.1, 0.15) is 60.2 Å². The summed E-state index contributed by atoms with van der Waals surface area (Å²) in [5, 5.41) is 0. The molecule has 4 aromatic rings. The summed E-state index contributed by atoms with van der Waals surface area (Å²) in [4.78, 5) is 11.3. The molecule has 1 aliphatic heterocycles. The van der Waals surface area contributed by atoms with E-state index in [1.54, 1.807) is 0 Å². The highest BCUT2D eigenvalue weighted by Gasteiger charge is 2.33. The van der Waals surface area contributed by atoms with Crippen molar-refractivity contribution in [2.75, 3.05) is 11.4 Å². The molecular weight excluding hydrogens is 390 g/mol. The summed E-state index contributed by atoms with van der Waals surface area (Å²) in [6.07, 6.45) is 3.23. The van der Waals surface area contributed by atoms with Gasteiger partial charge in [-0.3, -0.25) is 4.98 Å². The Kier molecular flexibility index (Phi) is 5.08. The monoisotopic (exact) mass is 423 g/mol. The molecule has 1 aliphatic rings. The second kappa shape index (κ2) is 7.81. The molecule has 2 aromatic heterocycles. The third-order valence-electron chi connectivity index (χ3n) is 7.07. The summed E-state index contributed by atoms with van der Waals surface area (Å²) in [6, 6.07) is 19.8. The van der Waals surface area contributed by atoms with E-state index in [1.807, 2.05) is 0 Å². The first-order valence-electron chi connectivity index (χ1n) is 11.7. The predicted molar refractivity (Wildman–Crippen MR) is 135 cm³/mol. The Labute approximate surface area is 191 Å². The maximum Gasteiger partial charge on any atom is 0.0932 e. The predicted octanol–water partition coefficient (Wildman–Crippen LogP) is 6.92. The summed E-state index contributed by atoms with van der Waals surface area (Å²) >= 11 is 0. The van der Waals surface area contributed by atoms with E-state index in [4.69, 9.17) is 4.98 Å². The molecule has 3 nitrogen and oxygen atoms in total. The smallest absolute Gasteiger partial charge is 0.0932 e. The number of aromatic amines is 1. The number of nitrogens with zero attached hydrogens (tertiary/aromatic N) is 2. The number of rotatable bonds is 3. The molecule has 0 saturated carbocycles. The van der Waals surface area contributed by atoms with Gasteiger partial charge in [0.2, 0.25) is 0 Å². The molecular formula is C29H33N3. The van der Waals surface area contributed by atoms with Gasteiger partial charge < -0.3 is 9.88 Å². The third kappa shape index (κ3) is 3.50. The molecule has 0 aliphatic carbocycles. The zero-order valence-corrected chi connectivity index (χ0v) is 19.9. The SMILES string of the molecule is Cc1[nH]c2c(N3CCc4ccccc4C3)c(C(c3ccccc3)C(C)(C)C)cnc2c1C. The molecule has 0 radical (unpaired) electrons. The van der Waals surface area contributed by atoms with Crippen molar-refractivity contribution in [3.63, 3.8) is 0 Å². The van der Waals surface area contributed by atoms with Crippen LogP contribution in [0.3, 0.4) is 0 Å². The van der Waals surface area contributed by atoms with Crippen LogP contribution in [0.5, 0.6) is 0 Å². The van der Waals surface area contributed by atoms with Crippen LogP contribution in [-0.2, 0) is 13.0 Å². The van der Waals surface area contributed by atoms with Crippen LogP contribution in [0, 0.1) is 19.3 Å². The molecule has 1 unspecified atom stereocenters. The normalized spacial score (nSPS) is 15.1. The standard InChI is InChI=1S/C29H33N3/c1-19-20(2)31-27-26(19)30-17-24(25(29(3,4)5)22-12-7-6-8-13-22)28(27)32-16-15-21-11-9-10-14-23(21)18-32/h6-14,17,25,31H,15-16,18H2,1-5H3. The highest BCUT2D eigenvalue weighted by Crippen LogP contribution is 2.46. The van der Waals surface area contributed by atoms with Gasteiger partial charge in [0, 0.05) is 36.5 Å². The van der Waals surface area contributed by atoms with E-state index in [9.17, 15) is 0 Å². The topological polar surface area (TPSA) is 31.9 Å². The number of benzene rings is 2. The minimum Gasteiger partial charge on any atom is -0.365 e. The fourth-order valence-corrected chi connectivity index (χ4v) is 5.41. The maximum absolute atomic E-state index is 5.00. The Morgan fingerprint density at radius 1 is 0.938 bits per heavy atom. The first-order chi connectivity index (χ1) is 15.3. The van der Waals surface area contributed by atoms with Gasteiger partial charge in [-0.15, -0.1) is 0 Å². The van der Waals surface area contributed by atoms with Crippen molar-refractivity contribution >= 4 is 16.7 Å². The van der Waals surface area contributed by atoms with E-state index in [-0.39, 0.29) is 11.3 Å². The van der Waals surface area contributed by atoms with Crippen LogP contribution in [-0.4, -0.2) is 16.5 Å². The lowest BCUT2D eigenvalue weighted by atomic mass is 9.72. The van der Waals surface area contributed by atoms with Crippen LogP contribution in [0.15, 0.2) is 60.8 Å². The summed E-state index contributed by atoms with van der Waals surface area (Å²) < 4.78 is 0. The van der Waals surface area contributed by atoms with Gasteiger partial charge in [0.1, 0.15) is 0 Å². The van der Waals surface area contributed by atoms with Crippen LogP contribution in [0.25, 0.3) is 11.0 Å². The third-order valence-corrected chi connectivity index (χ3v) is 7.07. The molecule has 1 N–H and O–H groups in total. The molecule has 3 heterocycles. The largest absolute Gasteiger partial charge is 0.365 e. The molecule has 3 heteroatoms. The molecule has 0 fully saturated rings. The molecule has 0 bridgehead atoms. The Morgan fingerprint density at radius 2 is 1.62 bits per heavy atom. The molecule has 0 amide bonds. The van der Waals surface area contributed by atoms with Gasteiger partial charge in [0.05, 0.1) is 16.7 Å². The summed E-state index contributed by atoms with van der Waals surface area (Å²) in [5.41, 5.74) is 11.7. The lowest BCUT2D eigenvalue weighted by Crippen LogP contribution is -2.33. The zero-order chi connectivity index (χ0) is 22.5. The molecule has 32 heavy (non-hydrogen) atoms. The number of hydrogen-bond donors (Lipinski definition) is 1. The van der Waals surface area contributed by atoms with Crippen molar-refractivity contribution in [1.82, 2.24) is 9.97 Å². The van der Waals surface area contributed by atoms with E-state index in [2.05, 4.69) is 105 Å². The van der Waals surface area contributed by atoms with Crippen molar-refractivity contribution < 1.29 is 0 Å². The second-order valence-electron chi connectivity index (χ2n) is 10.3. The molecule has 5 rings (SSSR count). The van der Waals surface area contributed by atoms with Gasteiger partial charge in [0.25, 0.3) is 0 Å². The Bertz CT molecular complexity index is 1260. The quantitative estimate of drug-likeness (QED) is 0.388. The fourth-order valence-electron chi connectivity index (χ4n) is 5.41. The number of hydrogen-bond acceptors (Lipinski definition) is 2. The number of aromatic nitrogens is 2. The van der Waals surface area contributed by atoms with Crippen molar-refractivity contribution in [2.24, 2.45) is 5.41 Å². The number of nitrogens with one attached hydrogen (secondary N) is 1. The number of H-pyrrole nitrogens is 1. The van der Waals surface area contributed by atoms with Crippen molar-refractivity contribution in [3.05, 3.63) is 94.3 Å². The van der Waals surface area contributed by atoms with E-state index in [1.165, 1.54) is 44.7 Å². The number of anilines is 1. The Morgan fingerprint density at radius 3 is 2.34 bits per heavy atom. The van der Waals surface area contributed by atoms with Crippen molar-refractivity contribution in [3.8, 4) is 0 Å². The minimum absolute atomic E-state index is 0.0514. The van der Waals surface area contributed by atoms with E-state index in [0.29, 0.717) is 0 Å². The van der Waals surface area contributed by atoms with Gasteiger partial charge in [0.15, 0.2) is 0 Å².